The van der Waals surface area contributed by atoms with Crippen LogP contribution in [-0.4, -0.2) is 22.0 Å². The van der Waals surface area contributed by atoms with E-state index in [1.54, 1.807) is 54.6 Å². The minimum Gasteiger partial charge on any atom is -0.508 e. The van der Waals surface area contributed by atoms with Gasteiger partial charge in [-0.15, -0.1) is 0 Å². The second kappa shape index (κ2) is 7.64. The molecule has 0 saturated carbocycles. The summed E-state index contributed by atoms with van der Waals surface area (Å²) in [5, 5.41) is 19.6. The van der Waals surface area contributed by atoms with Crippen molar-refractivity contribution in [2.45, 2.75) is 12.3 Å². The van der Waals surface area contributed by atoms with Crippen LogP contribution in [0.3, 0.4) is 0 Å². The lowest BCUT2D eigenvalue weighted by Gasteiger charge is -2.32. The predicted octanol–water partition coefficient (Wildman–Crippen LogP) is 5.25. The number of imide groups is 1. The second-order valence-electron chi connectivity index (χ2n) is 8.26. The summed E-state index contributed by atoms with van der Waals surface area (Å²) in [7, 11) is 0. The summed E-state index contributed by atoms with van der Waals surface area (Å²) < 4.78 is 0. The highest BCUT2D eigenvalue weighted by Gasteiger charge is 2.38. The number of rotatable bonds is 4. The average Bonchev–Trinajstić information content (AvgIpc) is 3.09. The number of aromatic hydroxyl groups is 2. The van der Waals surface area contributed by atoms with Gasteiger partial charge in [0.25, 0.3) is 11.8 Å². The van der Waals surface area contributed by atoms with E-state index in [1.165, 1.54) is 4.90 Å². The third-order valence-corrected chi connectivity index (χ3v) is 6.37. The van der Waals surface area contributed by atoms with E-state index in [-0.39, 0.29) is 23.3 Å². The van der Waals surface area contributed by atoms with Gasteiger partial charge >= 0.3 is 0 Å². The number of hydrogen-bond acceptors (Lipinski definition) is 4. The van der Waals surface area contributed by atoms with Crippen LogP contribution >= 0.6 is 0 Å². The van der Waals surface area contributed by atoms with E-state index in [4.69, 9.17) is 0 Å². The number of phenolic OH excluding ortho intramolecular Hbond substituents is 2. The molecule has 5 heteroatoms. The molecule has 2 N–H and O–H groups in total. The fourth-order valence-electron chi connectivity index (χ4n) is 4.47. The maximum atomic E-state index is 13.0. The Morgan fingerprint density at radius 3 is 1.58 bits per heavy atom. The lowest BCUT2D eigenvalue weighted by molar-refractivity contribution is 0.0926. The summed E-state index contributed by atoms with van der Waals surface area (Å²) in [5.41, 5.74) is 3.27. The van der Waals surface area contributed by atoms with Gasteiger partial charge in [0.1, 0.15) is 11.5 Å². The molecule has 0 bridgehead atoms. The van der Waals surface area contributed by atoms with Crippen LogP contribution in [-0.2, 0) is 5.41 Å². The zero-order chi connectivity index (χ0) is 23.2. The fraction of sp³-hybridized carbons (Fsp3) is 0.0714. The maximum absolute atomic E-state index is 13.0. The second-order valence-corrected chi connectivity index (χ2v) is 8.26. The highest BCUT2D eigenvalue weighted by atomic mass is 16.3. The van der Waals surface area contributed by atoms with Gasteiger partial charge < -0.3 is 10.2 Å². The molecule has 1 aliphatic rings. The Balaban J connectivity index is 1.66. The number of fused-ring (bicyclic) bond motifs is 1. The van der Waals surface area contributed by atoms with E-state index in [1.807, 2.05) is 49.4 Å². The Labute approximate surface area is 191 Å². The first-order chi connectivity index (χ1) is 15.9. The zero-order valence-electron chi connectivity index (χ0n) is 17.9. The molecular formula is C28H21NO4. The van der Waals surface area contributed by atoms with Gasteiger partial charge in [0.2, 0.25) is 0 Å². The molecule has 0 fully saturated rings. The lowest BCUT2D eigenvalue weighted by atomic mass is 9.71. The van der Waals surface area contributed by atoms with E-state index < -0.39 is 5.41 Å². The van der Waals surface area contributed by atoms with Gasteiger partial charge in [-0.3, -0.25) is 9.59 Å². The third-order valence-electron chi connectivity index (χ3n) is 6.37. The Morgan fingerprint density at radius 2 is 1.09 bits per heavy atom. The highest BCUT2D eigenvalue weighted by Crippen LogP contribution is 2.41. The molecule has 5 rings (SSSR count). The fourth-order valence-corrected chi connectivity index (χ4v) is 4.47. The van der Waals surface area contributed by atoms with Crippen molar-refractivity contribution in [1.82, 2.24) is 0 Å². The number of amides is 2. The number of benzene rings is 4. The van der Waals surface area contributed by atoms with Crippen molar-refractivity contribution >= 4 is 17.5 Å². The minimum atomic E-state index is -0.684. The molecule has 5 nitrogen and oxygen atoms in total. The normalized spacial score (nSPS) is 13.3. The summed E-state index contributed by atoms with van der Waals surface area (Å²) in [5.74, 6) is -0.370. The van der Waals surface area contributed by atoms with Crippen LogP contribution < -0.4 is 4.90 Å². The van der Waals surface area contributed by atoms with Gasteiger partial charge in [0, 0.05) is 5.41 Å². The molecule has 1 aliphatic heterocycles. The van der Waals surface area contributed by atoms with Gasteiger partial charge in [0.05, 0.1) is 16.8 Å². The molecule has 2 amide bonds. The van der Waals surface area contributed by atoms with Crippen molar-refractivity contribution in [3.05, 3.63) is 125 Å². The predicted molar refractivity (Wildman–Crippen MR) is 126 cm³/mol. The largest absolute Gasteiger partial charge is 0.508 e. The van der Waals surface area contributed by atoms with E-state index >= 15 is 0 Å². The number of phenols is 2. The third kappa shape index (κ3) is 3.26. The smallest absolute Gasteiger partial charge is 0.266 e. The molecule has 4 aromatic rings. The van der Waals surface area contributed by atoms with E-state index in [9.17, 15) is 19.8 Å². The van der Waals surface area contributed by atoms with Gasteiger partial charge in [-0.2, -0.15) is 0 Å². The SMILES string of the molecule is CC(c1ccc(O)cc1)(c1ccc(O)cc1)c1cccc(N2C(=O)c3ccccc3C2=O)c1. The van der Waals surface area contributed by atoms with E-state index in [2.05, 4.69) is 0 Å². The zero-order valence-corrected chi connectivity index (χ0v) is 17.9. The Hall–Kier alpha value is -4.38. The summed E-state index contributed by atoms with van der Waals surface area (Å²) in [6.45, 7) is 2.03. The maximum Gasteiger partial charge on any atom is 0.266 e. The molecule has 162 valence electrons. The minimum absolute atomic E-state index is 0.159. The average molecular weight is 435 g/mol. The molecule has 0 atom stereocenters. The van der Waals surface area contributed by atoms with Crippen molar-refractivity contribution in [3.63, 3.8) is 0 Å². The van der Waals surface area contributed by atoms with Crippen molar-refractivity contribution < 1.29 is 19.8 Å². The quantitative estimate of drug-likeness (QED) is 0.339. The van der Waals surface area contributed by atoms with Gasteiger partial charge in [-0.05, 0) is 72.1 Å². The Morgan fingerprint density at radius 1 is 0.606 bits per heavy atom. The van der Waals surface area contributed by atoms with Gasteiger partial charge in [-0.25, -0.2) is 4.90 Å². The molecule has 0 unspecified atom stereocenters. The van der Waals surface area contributed by atoms with E-state index in [0.29, 0.717) is 16.8 Å². The van der Waals surface area contributed by atoms with Crippen molar-refractivity contribution in [1.29, 1.82) is 0 Å². The van der Waals surface area contributed by atoms with Crippen LogP contribution in [0.5, 0.6) is 11.5 Å². The van der Waals surface area contributed by atoms with Gasteiger partial charge in [0.15, 0.2) is 0 Å². The van der Waals surface area contributed by atoms with Crippen LogP contribution in [0.2, 0.25) is 0 Å². The topological polar surface area (TPSA) is 77.8 Å². The van der Waals surface area contributed by atoms with Crippen molar-refractivity contribution in [2.75, 3.05) is 4.90 Å². The van der Waals surface area contributed by atoms with E-state index in [0.717, 1.165) is 16.7 Å². The number of hydrogen-bond donors (Lipinski definition) is 2. The Kier molecular flexibility index (Phi) is 4.75. The molecule has 33 heavy (non-hydrogen) atoms. The molecule has 0 spiro atoms. The number of carbonyl (C=O) groups is 2. The summed E-state index contributed by atoms with van der Waals surface area (Å²) >= 11 is 0. The molecule has 0 aromatic heterocycles. The summed E-state index contributed by atoms with van der Waals surface area (Å²) in [6, 6.07) is 28.1. The van der Waals surface area contributed by atoms with Crippen LogP contribution in [0.25, 0.3) is 0 Å². The molecule has 4 aromatic carbocycles. The first-order valence-corrected chi connectivity index (χ1v) is 10.6. The van der Waals surface area contributed by atoms with Crippen LogP contribution in [0, 0.1) is 0 Å². The molecule has 0 saturated heterocycles. The number of anilines is 1. The van der Waals surface area contributed by atoms with Crippen LogP contribution in [0.4, 0.5) is 5.69 Å². The van der Waals surface area contributed by atoms with Crippen LogP contribution in [0.1, 0.15) is 44.3 Å². The van der Waals surface area contributed by atoms with Crippen molar-refractivity contribution in [2.24, 2.45) is 0 Å². The van der Waals surface area contributed by atoms with Crippen LogP contribution in [0.15, 0.2) is 97.1 Å². The summed E-state index contributed by atoms with van der Waals surface area (Å²) in [6.07, 6.45) is 0. The van der Waals surface area contributed by atoms with Gasteiger partial charge in [-0.1, -0.05) is 48.5 Å². The molecule has 0 aliphatic carbocycles. The highest BCUT2D eigenvalue weighted by molar-refractivity contribution is 6.34. The summed E-state index contributed by atoms with van der Waals surface area (Å²) in [4.78, 5) is 27.3. The molecule has 0 radical (unpaired) electrons. The Bertz CT molecular complexity index is 1290. The molecule has 1 heterocycles. The number of carbonyl (C=O) groups excluding carboxylic acids is 2. The number of nitrogens with zero attached hydrogens (tertiary/aromatic N) is 1. The lowest BCUT2D eigenvalue weighted by Crippen LogP contribution is -2.30. The molecular weight excluding hydrogens is 414 g/mol. The van der Waals surface area contributed by atoms with Crippen molar-refractivity contribution in [3.8, 4) is 11.5 Å². The first kappa shape index (κ1) is 20.5. The standard InChI is InChI=1S/C28H21NO4/c1-28(18-9-13-22(30)14-10-18,19-11-15-23(31)16-12-19)20-5-4-6-21(17-20)29-26(32)24-7-2-3-8-25(24)27(29)33/h2-17,30-31H,1H3. The monoisotopic (exact) mass is 435 g/mol. The first-order valence-electron chi connectivity index (χ1n) is 10.6.